The summed E-state index contributed by atoms with van der Waals surface area (Å²) in [6, 6.07) is 7.42. The van der Waals surface area contributed by atoms with Gasteiger partial charge in [-0.2, -0.15) is 0 Å². The van der Waals surface area contributed by atoms with Gasteiger partial charge in [0.2, 0.25) is 0 Å². The number of likely N-dealkylation sites (N-methyl/N-ethyl adjacent to an activating group) is 1. The van der Waals surface area contributed by atoms with E-state index < -0.39 is 0 Å². The fraction of sp³-hybridized carbons (Fsp3) is 0.364. The van der Waals surface area contributed by atoms with E-state index in [9.17, 15) is 4.79 Å². The fourth-order valence-electron chi connectivity index (χ4n) is 1.91. The average Bonchev–Trinajstić information content (AvgIpc) is 2.48. The van der Waals surface area contributed by atoms with Gasteiger partial charge >= 0.3 is 0 Å². The van der Waals surface area contributed by atoms with Gasteiger partial charge in [-0.3, -0.25) is 9.69 Å². The van der Waals surface area contributed by atoms with Gasteiger partial charge in [0.15, 0.2) is 5.78 Å². The molecular formula is C11H12ClNO. The van der Waals surface area contributed by atoms with Gasteiger partial charge in [0.1, 0.15) is 0 Å². The molecule has 1 atom stereocenters. The molecule has 3 heteroatoms. The van der Waals surface area contributed by atoms with Crippen molar-refractivity contribution >= 4 is 17.4 Å². The summed E-state index contributed by atoms with van der Waals surface area (Å²) in [6.07, 6.45) is 0.631. The molecule has 0 N–H and O–H groups in total. The number of carbonyl (C=O) groups excluding carboxylic acids is 1. The maximum atomic E-state index is 11.6. The zero-order valence-electron chi connectivity index (χ0n) is 8.03. The Morgan fingerprint density at radius 3 is 2.71 bits per heavy atom. The van der Waals surface area contributed by atoms with Crippen molar-refractivity contribution in [2.24, 2.45) is 0 Å². The molecule has 0 saturated carbocycles. The van der Waals surface area contributed by atoms with Gasteiger partial charge in [0.05, 0.1) is 6.04 Å². The van der Waals surface area contributed by atoms with E-state index >= 15 is 0 Å². The van der Waals surface area contributed by atoms with E-state index in [-0.39, 0.29) is 11.8 Å². The van der Waals surface area contributed by atoms with Crippen molar-refractivity contribution in [1.82, 2.24) is 4.90 Å². The van der Waals surface area contributed by atoms with Crippen LogP contribution in [0.1, 0.15) is 18.0 Å². The summed E-state index contributed by atoms with van der Waals surface area (Å²) in [4.78, 5) is 13.7. The van der Waals surface area contributed by atoms with E-state index in [4.69, 9.17) is 11.6 Å². The minimum Gasteiger partial charge on any atom is -0.297 e. The van der Waals surface area contributed by atoms with Crippen LogP contribution in [0.15, 0.2) is 24.3 Å². The van der Waals surface area contributed by atoms with Crippen molar-refractivity contribution in [2.75, 3.05) is 13.6 Å². The third kappa shape index (κ3) is 1.56. The zero-order chi connectivity index (χ0) is 10.1. The highest BCUT2D eigenvalue weighted by Gasteiger charge is 2.31. The third-order valence-corrected chi connectivity index (χ3v) is 3.00. The van der Waals surface area contributed by atoms with Gasteiger partial charge in [-0.05, 0) is 18.7 Å². The average molecular weight is 210 g/mol. The van der Waals surface area contributed by atoms with Crippen molar-refractivity contribution in [3.63, 3.8) is 0 Å². The van der Waals surface area contributed by atoms with Crippen molar-refractivity contribution in [3.8, 4) is 0 Å². The summed E-state index contributed by atoms with van der Waals surface area (Å²) in [5, 5.41) is 0.680. The Labute approximate surface area is 88.5 Å². The molecule has 1 aliphatic heterocycles. The number of halogens is 1. The van der Waals surface area contributed by atoms with Crippen LogP contribution in [0.2, 0.25) is 5.02 Å². The van der Waals surface area contributed by atoms with Crippen LogP contribution in [0.4, 0.5) is 0 Å². The summed E-state index contributed by atoms with van der Waals surface area (Å²) < 4.78 is 0. The van der Waals surface area contributed by atoms with E-state index in [0.29, 0.717) is 11.4 Å². The third-order valence-electron chi connectivity index (χ3n) is 2.66. The van der Waals surface area contributed by atoms with E-state index in [1.54, 1.807) is 0 Å². The van der Waals surface area contributed by atoms with Crippen LogP contribution in [0.5, 0.6) is 0 Å². The molecule has 0 amide bonds. The van der Waals surface area contributed by atoms with Crippen LogP contribution in [-0.2, 0) is 4.79 Å². The van der Waals surface area contributed by atoms with Crippen molar-refractivity contribution in [2.45, 2.75) is 12.5 Å². The van der Waals surface area contributed by atoms with Crippen molar-refractivity contribution < 1.29 is 4.79 Å². The molecule has 74 valence electrons. The minimum absolute atomic E-state index is 0.135. The number of ketones is 1. The Morgan fingerprint density at radius 2 is 2.14 bits per heavy atom. The minimum atomic E-state index is -0.135. The topological polar surface area (TPSA) is 20.3 Å². The number of benzene rings is 1. The van der Waals surface area contributed by atoms with Crippen LogP contribution in [0.3, 0.4) is 0 Å². The molecule has 1 aliphatic rings. The first-order chi connectivity index (χ1) is 6.70. The molecule has 0 aromatic heterocycles. The lowest BCUT2D eigenvalue weighted by atomic mass is 10.0. The van der Waals surface area contributed by atoms with Gasteiger partial charge in [-0.25, -0.2) is 0 Å². The molecule has 0 spiro atoms. The lowest BCUT2D eigenvalue weighted by Gasteiger charge is -2.19. The second kappa shape index (κ2) is 3.71. The first-order valence-corrected chi connectivity index (χ1v) is 5.05. The van der Waals surface area contributed by atoms with Crippen molar-refractivity contribution in [3.05, 3.63) is 34.9 Å². The molecule has 1 unspecified atom stereocenters. The van der Waals surface area contributed by atoms with Crippen LogP contribution in [0.25, 0.3) is 0 Å². The van der Waals surface area contributed by atoms with Gasteiger partial charge in [-0.1, -0.05) is 29.8 Å². The SMILES string of the molecule is CN1CCC(=O)C1c1ccccc1Cl. The smallest absolute Gasteiger partial charge is 0.155 e. The van der Waals surface area contributed by atoms with E-state index in [1.807, 2.05) is 36.2 Å². The molecule has 0 aliphatic carbocycles. The molecule has 1 aromatic carbocycles. The second-order valence-corrected chi connectivity index (χ2v) is 4.03. The maximum absolute atomic E-state index is 11.6. The highest BCUT2D eigenvalue weighted by atomic mass is 35.5. The lowest BCUT2D eigenvalue weighted by molar-refractivity contribution is -0.119. The standard InChI is InChI=1S/C11H12ClNO/c1-13-7-6-10(14)11(13)8-4-2-3-5-9(8)12/h2-5,11H,6-7H2,1H3. The first kappa shape index (κ1) is 9.69. The maximum Gasteiger partial charge on any atom is 0.155 e. The van der Waals surface area contributed by atoms with Gasteiger partial charge in [-0.15, -0.1) is 0 Å². The molecule has 1 aromatic rings. The Balaban J connectivity index is 2.39. The highest BCUT2D eigenvalue weighted by molar-refractivity contribution is 6.31. The molecule has 2 nitrogen and oxygen atoms in total. The molecule has 1 heterocycles. The molecular weight excluding hydrogens is 198 g/mol. The number of nitrogens with zero attached hydrogens (tertiary/aromatic N) is 1. The monoisotopic (exact) mass is 209 g/mol. The number of likely N-dealkylation sites (tertiary alicyclic amines) is 1. The van der Waals surface area contributed by atoms with Crippen molar-refractivity contribution in [1.29, 1.82) is 0 Å². The Kier molecular flexibility index (Phi) is 2.57. The number of rotatable bonds is 1. The molecule has 0 bridgehead atoms. The summed E-state index contributed by atoms with van der Waals surface area (Å²) >= 11 is 6.06. The molecule has 0 radical (unpaired) electrons. The van der Waals surface area contributed by atoms with Crippen LogP contribution < -0.4 is 0 Å². The van der Waals surface area contributed by atoms with Gasteiger partial charge in [0, 0.05) is 18.0 Å². The largest absolute Gasteiger partial charge is 0.297 e. The fourth-order valence-corrected chi connectivity index (χ4v) is 2.14. The molecule has 1 saturated heterocycles. The Hall–Kier alpha value is -0.860. The Bertz CT molecular complexity index is 364. The normalized spacial score (nSPS) is 23.0. The predicted molar refractivity (Wildman–Crippen MR) is 56.4 cm³/mol. The number of hydrogen-bond acceptors (Lipinski definition) is 2. The van der Waals surface area contributed by atoms with Gasteiger partial charge < -0.3 is 0 Å². The van der Waals surface area contributed by atoms with Crippen LogP contribution >= 0.6 is 11.6 Å². The first-order valence-electron chi connectivity index (χ1n) is 4.67. The highest BCUT2D eigenvalue weighted by Crippen LogP contribution is 2.31. The van der Waals surface area contributed by atoms with E-state index in [1.165, 1.54) is 0 Å². The summed E-state index contributed by atoms with van der Waals surface area (Å²) in [5.41, 5.74) is 0.930. The Morgan fingerprint density at radius 1 is 1.43 bits per heavy atom. The number of Topliss-reactive ketones (excluding diaryl/α,β-unsaturated/α-hetero) is 1. The van der Waals surface area contributed by atoms with E-state index in [2.05, 4.69) is 0 Å². The van der Waals surface area contributed by atoms with Crippen LogP contribution in [-0.4, -0.2) is 24.3 Å². The zero-order valence-corrected chi connectivity index (χ0v) is 8.79. The quantitative estimate of drug-likeness (QED) is 0.708. The van der Waals surface area contributed by atoms with Crippen LogP contribution in [0, 0.1) is 0 Å². The molecule has 2 rings (SSSR count). The molecule has 14 heavy (non-hydrogen) atoms. The van der Waals surface area contributed by atoms with E-state index in [0.717, 1.165) is 12.1 Å². The summed E-state index contributed by atoms with van der Waals surface area (Å²) in [7, 11) is 1.96. The molecule has 1 fully saturated rings. The summed E-state index contributed by atoms with van der Waals surface area (Å²) in [6.45, 7) is 0.828. The predicted octanol–water partition coefficient (Wildman–Crippen LogP) is 2.29. The lowest BCUT2D eigenvalue weighted by Crippen LogP contribution is -2.21. The van der Waals surface area contributed by atoms with Gasteiger partial charge in [0.25, 0.3) is 0 Å². The second-order valence-electron chi connectivity index (χ2n) is 3.62. The number of hydrogen-bond donors (Lipinski definition) is 0. The number of carbonyl (C=O) groups is 1. The summed E-state index contributed by atoms with van der Waals surface area (Å²) in [5.74, 6) is 0.264.